The molecule has 40 heavy (non-hydrogen) atoms. The Balaban J connectivity index is 1.01. The standard InChI is InChI=1S/C35H42O5/c1-3-9-26-10-16-32-28(20-26)22-29-21-27(11-17-33(29)32)34(36)40-31-14-12-30(13-15-31)39-19-8-6-5-7-18-37-23-35(4-2)24-38-25-35/h10-17,20-21H,3-9,18-19,22-25H2,1-2H3. The van der Waals surface area contributed by atoms with E-state index in [0.717, 1.165) is 83.5 Å². The summed E-state index contributed by atoms with van der Waals surface area (Å²) in [5, 5.41) is 0. The number of hydrogen-bond acceptors (Lipinski definition) is 5. The highest BCUT2D eigenvalue weighted by molar-refractivity contribution is 5.93. The highest BCUT2D eigenvalue weighted by Crippen LogP contribution is 2.38. The van der Waals surface area contributed by atoms with Gasteiger partial charge in [0.2, 0.25) is 0 Å². The SMILES string of the molecule is CCCc1ccc2c(c1)Cc1cc(C(=O)Oc3ccc(OCCCCCCOCC4(CC)COC4)cc3)ccc1-2. The number of unbranched alkanes of at least 4 members (excludes halogenated alkanes) is 3. The maximum Gasteiger partial charge on any atom is 0.343 e. The smallest absolute Gasteiger partial charge is 0.343 e. The summed E-state index contributed by atoms with van der Waals surface area (Å²) in [5.74, 6) is 0.964. The van der Waals surface area contributed by atoms with E-state index in [9.17, 15) is 4.79 Å². The van der Waals surface area contributed by atoms with Gasteiger partial charge in [0.1, 0.15) is 11.5 Å². The molecule has 5 nitrogen and oxygen atoms in total. The first-order chi connectivity index (χ1) is 19.6. The molecule has 1 aliphatic carbocycles. The van der Waals surface area contributed by atoms with Gasteiger partial charge in [0.25, 0.3) is 0 Å². The van der Waals surface area contributed by atoms with Crippen molar-refractivity contribution in [2.45, 2.75) is 65.2 Å². The molecule has 0 atom stereocenters. The number of rotatable bonds is 15. The Bertz CT molecular complexity index is 1270. The number of benzene rings is 3. The van der Waals surface area contributed by atoms with Crippen LogP contribution in [0.1, 0.15) is 79.4 Å². The summed E-state index contributed by atoms with van der Waals surface area (Å²) < 4.78 is 22.8. The zero-order valence-corrected chi connectivity index (χ0v) is 24.0. The molecule has 1 aliphatic heterocycles. The van der Waals surface area contributed by atoms with E-state index in [-0.39, 0.29) is 11.4 Å². The molecule has 1 heterocycles. The van der Waals surface area contributed by atoms with Gasteiger partial charge in [-0.1, -0.05) is 51.0 Å². The minimum absolute atomic E-state index is 0.273. The molecule has 212 valence electrons. The van der Waals surface area contributed by atoms with Crippen LogP contribution in [0, 0.1) is 5.41 Å². The van der Waals surface area contributed by atoms with Gasteiger partial charge in [-0.2, -0.15) is 0 Å². The number of carbonyl (C=O) groups is 1. The van der Waals surface area contributed by atoms with E-state index in [1.807, 2.05) is 30.3 Å². The first kappa shape index (κ1) is 28.4. The zero-order chi connectivity index (χ0) is 27.8. The summed E-state index contributed by atoms with van der Waals surface area (Å²) in [6, 6.07) is 19.9. The first-order valence-corrected chi connectivity index (χ1v) is 14.9. The lowest BCUT2D eigenvalue weighted by Crippen LogP contribution is -2.45. The fourth-order valence-electron chi connectivity index (χ4n) is 5.52. The fraction of sp³-hybridized carbons (Fsp3) is 0.457. The fourth-order valence-corrected chi connectivity index (χ4v) is 5.52. The number of aryl methyl sites for hydroxylation is 1. The third-order valence-corrected chi connectivity index (χ3v) is 8.18. The molecule has 0 radical (unpaired) electrons. The third-order valence-electron chi connectivity index (χ3n) is 8.18. The Labute approximate surface area is 238 Å². The minimum Gasteiger partial charge on any atom is -0.494 e. The van der Waals surface area contributed by atoms with Gasteiger partial charge in [-0.15, -0.1) is 0 Å². The molecule has 0 N–H and O–H groups in total. The summed E-state index contributed by atoms with van der Waals surface area (Å²) >= 11 is 0. The molecule has 3 aromatic rings. The second-order valence-corrected chi connectivity index (χ2v) is 11.3. The number of esters is 1. The van der Waals surface area contributed by atoms with Crippen LogP contribution in [0.3, 0.4) is 0 Å². The predicted octanol–water partition coefficient (Wildman–Crippen LogP) is 7.81. The lowest BCUT2D eigenvalue weighted by Gasteiger charge is -2.40. The van der Waals surface area contributed by atoms with Crippen molar-refractivity contribution >= 4 is 5.97 Å². The van der Waals surface area contributed by atoms with Crippen molar-refractivity contribution in [1.82, 2.24) is 0 Å². The second-order valence-electron chi connectivity index (χ2n) is 11.3. The maximum absolute atomic E-state index is 12.9. The highest BCUT2D eigenvalue weighted by Gasteiger charge is 2.36. The molecule has 5 rings (SSSR count). The van der Waals surface area contributed by atoms with Crippen molar-refractivity contribution < 1.29 is 23.7 Å². The van der Waals surface area contributed by atoms with Crippen molar-refractivity contribution in [3.63, 3.8) is 0 Å². The van der Waals surface area contributed by atoms with E-state index in [1.165, 1.54) is 27.8 Å². The quantitative estimate of drug-likeness (QED) is 0.0871. The second kappa shape index (κ2) is 13.5. The minimum atomic E-state index is -0.339. The molecule has 5 heteroatoms. The van der Waals surface area contributed by atoms with E-state index < -0.39 is 0 Å². The summed E-state index contributed by atoms with van der Waals surface area (Å²) in [4.78, 5) is 12.9. The van der Waals surface area contributed by atoms with Gasteiger partial charge in [-0.3, -0.25) is 0 Å². The first-order valence-electron chi connectivity index (χ1n) is 14.9. The van der Waals surface area contributed by atoms with Crippen LogP contribution in [0.4, 0.5) is 0 Å². The highest BCUT2D eigenvalue weighted by atomic mass is 16.5. The van der Waals surface area contributed by atoms with Crippen molar-refractivity contribution in [3.05, 3.63) is 82.9 Å². The van der Waals surface area contributed by atoms with Crippen molar-refractivity contribution in [2.75, 3.05) is 33.0 Å². The predicted molar refractivity (Wildman–Crippen MR) is 158 cm³/mol. The van der Waals surface area contributed by atoms with E-state index in [4.69, 9.17) is 18.9 Å². The van der Waals surface area contributed by atoms with Crippen LogP contribution in [0.25, 0.3) is 11.1 Å². The molecule has 0 amide bonds. The van der Waals surface area contributed by atoms with Crippen LogP contribution in [-0.2, 0) is 22.3 Å². The molecule has 1 fully saturated rings. The maximum atomic E-state index is 12.9. The molecule has 1 saturated heterocycles. The lowest BCUT2D eigenvalue weighted by atomic mass is 9.84. The largest absolute Gasteiger partial charge is 0.494 e. The monoisotopic (exact) mass is 542 g/mol. The van der Waals surface area contributed by atoms with Crippen LogP contribution >= 0.6 is 0 Å². The molecule has 0 spiro atoms. The molecule has 0 bridgehead atoms. The van der Waals surface area contributed by atoms with Gasteiger partial charge in [0.05, 0.1) is 32.0 Å². The van der Waals surface area contributed by atoms with Gasteiger partial charge >= 0.3 is 5.97 Å². The Hall–Kier alpha value is -3.15. The Morgan fingerprint density at radius 2 is 1.52 bits per heavy atom. The Morgan fingerprint density at radius 3 is 2.23 bits per heavy atom. The molecule has 3 aromatic carbocycles. The Kier molecular flexibility index (Phi) is 9.56. The topological polar surface area (TPSA) is 54.0 Å². The molecule has 2 aliphatic rings. The number of fused-ring (bicyclic) bond motifs is 3. The van der Waals surface area contributed by atoms with Crippen LogP contribution in [0.5, 0.6) is 11.5 Å². The van der Waals surface area contributed by atoms with Gasteiger partial charge in [-0.25, -0.2) is 4.79 Å². The molecular formula is C35H42O5. The van der Waals surface area contributed by atoms with Gasteiger partial charge in [0.15, 0.2) is 0 Å². The summed E-state index contributed by atoms with van der Waals surface area (Å²) in [6.45, 7) is 8.41. The number of ether oxygens (including phenoxy) is 4. The van der Waals surface area contributed by atoms with Crippen molar-refractivity contribution in [3.8, 4) is 22.6 Å². The van der Waals surface area contributed by atoms with Crippen molar-refractivity contribution in [2.24, 2.45) is 5.41 Å². The zero-order valence-electron chi connectivity index (χ0n) is 24.0. The molecule has 0 unspecified atom stereocenters. The van der Waals surface area contributed by atoms with Gasteiger partial charge in [0, 0.05) is 12.0 Å². The average Bonchev–Trinajstić information content (AvgIpc) is 3.31. The van der Waals surface area contributed by atoms with Crippen LogP contribution < -0.4 is 9.47 Å². The van der Waals surface area contributed by atoms with E-state index >= 15 is 0 Å². The van der Waals surface area contributed by atoms with Crippen LogP contribution in [-0.4, -0.2) is 39.0 Å². The van der Waals surface area contributed by atoms with Gasteiger partial charge < -0.3 is 18.9 Å². The van der Waals surface area contributed by atoms with Gasteiger partial charge in [-0.05, 0) is 103 Å². The van der Waals surface area contributed by atoms with E-state index in [2.05, 4.69) is 32.0 Å². The van der Waals surface area contributed by atoms with Crippen LogP contribution in [0.15, 0.2) is 60.7 Å². The number of hydrogen-bond donors (Lipinski definition) is 0. The Morgan fingerprint density at radius 1 is 0.825 bits per heavy atom. The third kappa shape index (κ3) is 6.94. The molecular weight excluding hydrogens is 500 g/mol. The summed E-state index contributed by atoms with van der Waals surface area (Å²) in [5.41, 5.74) is 7.25. The lowest BCUT2D eigenvalue weighted by molar-refractivity contribution is -0.150. The summed E-state index contributed by atoms with van der Waals surface area (Å²) in [7, 11) is 0. The normalized spacial score (nSPS) is 14.8. The van der Waals surface area contributed by atoms with Crippen molar-refractivity contribution in [1.29, 1.82) is 0 Å². The molecule has 0 aromatic heterocycles. The van der Waals surface area contributed by atoms with Crippen LogP contribution in [0.2, 0.25) is 0 Å². The molecule has 0 saturated carbocycles. The average molecular weight is 543 g/mol. The van der Waals surface area contributed by atoms with E-state index in [0.29, 0.717) is 17.9 Å². The summed E-state index contributed by atoms with van der Waals surface area (Å²) in [6.07, 6.45) is 8.56. The van der Waals surface area contributed by atoms with E-state index in [1.54, 1.807) is 12.1 Å². The number of carbonyl (C=O) groups excluding carboxylic acids is 1.